The van der Waals surface area contributed by atoms with Crippen LogP contribution in [0.3, 0.4) is 0 Å². The molecule has 2 unspecified atom stereocenters. The second-order valence-electron chi connectivity index (χ2n) is 25.3. The summed E-state index contributed by atoms with van der Waals surface area (Å²) in [6, 6.07) is 0. The highest BCUT2D eigenvalue weighted by Crippen LogP contribution is 2.43. The highest BCUT2D eigenvalue weighted by atomic mass is 31.2. The minimum absolute atomic E-state index is 0.0353. The first kappa shape index (κ1) is 80.0. The number of likely N-dealkylation sites (N-methyl/N-ethyl adjacent to an activating group) is 1. The van der Waals surface area contributed by atoms with Gasteiger partial charge in [-0.05, 0) is 51.4 Å². The second-order valence-corrected chi connectivity index (χ2v) is 26.7. The maximum absolute atomic E-state index is 12.9. The molecule has 0 aromatic rings. The molecule has 10 heteroatoms. The van der Waals surface area contributed by atoms with Gasteiger partial charge in [0.1, 0.15) is 19.8 Å². The van der Waals surface area contributed by atoms with Crippen molar-refractivity contribution >= 4 is 19.8 Å². The van der Waals surface area contributed by atoms with Crippen molar-refractivity contribution in [3.8, 4) is 0 Å². The Morgan fingerprint density at radius 3 is 1.04 bits per heavy atom. The number of esters is 2. The van der Waals surface area contributed by atoms with Crippen molar-refractivity contribution in [3.05, 3.63) is 48.6 Å². The van der Waals surface area contributed by atoms with Gasteiger partial charge in [0.05, 0.1) is 27.7 Å². The fourth-order valence-corrected chi connectivity index (χ4v) is 11.2. The second kappa shape index (κ2) is 63.5. The molecule has 482 valence electrons. The minimum atomic E-state index is -4.39. The number of allylic oxidation sites excluding steroid dienone is 8. The zero-order valence-corrected chi connectivity index (χ0v) is 55.9. The quantitative estimate of drug-likeness (QED) is 0.0211. The number of hydrogen-bond acceptors (Lipinski definition) is 7. The number of phosphoric acid groups is 1. The Bertz CT molecular complexity index is 1520. The zero-order valence-electron chi connectivity index (χ0n) is 55.0. The molecule has 0 spiro atoms. The van der Waals surface area contributed by atoms with E-state index in [1.807, 2.05) is 21.1 Å². The van der Waals surface area contributed by atoms with Gasteiger partial charge in [-0.2, -0.15) is 0 Å². The van der Waals surface area contributed by atoms with Crippen LogP contribution >= 0.6 is 7.82 Å². The Hall–Kier alpha value is -2.03. The summed E-state index contributed by atoms with van der Waals surface area (Å²) in [5.41, 5.74) is 0. The lowest BCUT2D eigenvalue weighted by Crippen LogP contribution is -2.37. The number of hydrogen-bond donors (Lipinski definition) is 1. The molecule has 0 aliphatic rings. The van der Waals surface area contributed by atoms with Crippen LogP contribution in [-0.4, -0.2) is 74.9 Å². The number of nitrogens with zero attached hydrogens (tertiary/aromatic N) is 1. The van der Waals surface area contributed by atoms with E-state index in [0.29, 0.717) is 23.9 Å². The van der Waals surface area contributed by atoms with Crippen molar-refractivity contribution in [1.82, 2.24) is 0 Å². The molecule has 0 aliphatic carbocycles. The molecule has 0 aromatic heterocycles. The van der Waals surface area contributed by atoms with Gasteiger partial charge in [-0.1, -0.05) is 332 Å². The molecule has 82 heavy (non-hydrogen) atoms. The maximum atomic E-state index is 12.9. The highest BCUT2D eigenvalue weighted by molar-refractivity contribution is 7.47. The molecular formula is C72H137NO8P+. The molecule has 0 aromatic carbocycles. The van der Waals surface area contributed by atoms with Gasteiger partial charge < -0.3 is 18.9 Å². The normalized spacial score (nSPS) is 13.4. The Labute approximate surface area is 509 Å². The van der Waals surface area contributed by atoms with Gasteiger partial charge in [-0.15, -0.1) is 0 Å². The molecule has 0 bridgehead atoms. The van der Waals surface area contributed by atoms with Gasteiger partial charge in [-0.25, -0.2) is 4.57 Å². The zero-order chi connectivity index (χ0) is 59.8. The van der Waals surface area contributed by atoms with Crippen molar-refractivity contribution in [1.29, 1.82) is 0 Å². The van der Waals surface area contributed by atoms with Crippen molar-refractivity contribution in [3.63, 3.8) is 0 Å². The van der Waals surface area contributed by atoms with E-state index in [4.69, 9.17) is 18.5 Å². The predicted octanol–water partition coefficient (Wildman–Crippen LogP) is 22.8. The summed E-state index contributed by atoms with van der Waals surface area (Å²) < 4.78 is 34.7. The van der Waals surface area contributed by atoms with E-state index in [9.17, 15) is 19.0 Å². The Morgan fingerprint density at radius 2 is 0.695 bits per heavy atom. The highest BCUT2D eigenvalue weighted by Gasteiger charge is 2.27. The van der Waals surface area contributed by atoms with Crippen LogP contribution < -0.4 is 0 Å². The van der Waals surface area contributed by atoms with Gasteiger partial charge in [0.15, 0.2) is 6.10 Å². The van der Waals surface area contributed by atoms with Crippen LogP contribution in [0.15, 0.2) is 48.6 Å². The van der Waals surface area contributed by atoms with E-state index >= 15 is 0 Å². The van der Waals surface area contributed by atoms with Gasteiger partial charge >= 0.3 is 19.8 Å². The van der Waals surface area contributed by atoms with Gasteiger partial charge in [0.2, 0.25) is 0 Å². The molecule has 0 saturated carbocycles. The molecule has 0 aliphatic heterocycles. The fourth-order valence-electron chi connectivity index (χ4n) is 10.5. The van der Waals surface area contributed by atoms with E-state index in [1.165, 1.54) is 257 Å². The molecule has 0 fully saturated rings. The summed E-state index contributed by atoms with van der Waals surface area (Å²) >= 11 is 0. The van der Waals surface area contributed by atoms with Gasteiger partial charge in [-0.3, -0.25) is 18.6 Å². The average Bonchev–Trinajstić information content (AvgIpc) is 3.46. The lowest BCUT2D eigenvalue weighted by atomic mass is 10.0. The molecule has 2 atom stereocenters. The van der Waals surface area contributed by atoms with Crippen LogP contribution in [0.2, 0.25) is 0 Å². The maximum Gasteiger partial charge on any atom is 0.472 e. The minimum Gasteiger partial charge on any atom is -0.462 e. The number of phosphoric ester groups is 1. The third-order valence-corrected chi connectivity index (χ3v) is 16.9. The van der Waals surface area contributed by atoms with E-state index in [2.05, 4.69) is 62.5 Å². The van der Waals surface area contributed by atoms with Crippen LogP contribution in [0.5, 0.6) is 0 Å². The van der Waals surface area contributed by atoms with Crippen molar-refractivity contribution < 1.29 is 42.1 Å². The third-order valence-electron chi connectivity index (χ3n) is 15.9. The molecule has 1 N–H and O–H groups in total. The lowest BCUT2D eigenvalue weighted by molar-refractivity contribution is -0.870. The van der Waals surface area contributed by atoms with Crippen LogP contribution in [0.25, 0.3) is 0 Å². The third kappa shape index (κ3) is 67.1. The van der Waals surface area contributed by atoms with Crippen molar-refractivity contribution in [2.24, 2.45) is 0 Å². The van der Waals surface area contributed by atoms with Crippen LogP contribution in [0, 0.1) is 0 Å². The first-order chi connectivity index (χ1) is 40.0. The predicted molar refractivity (Wildman–Crippen MR) is 353 cm³/mol. The molecule has 0 saturated heterocycles. The summed E-state index contributed by atoms with van der Waals surface area (Å²) in [5, 5.41) is 0. The summed E-state index contributed by atoms with van der Waals surface area (Å²) in [5.74, 6) is -0.774. The SMILES string of the molecule is CC/C=C\C/C=C\C/C=C\C/C=C\CCCCCCCCCCCCCCCCCCCCCCCCCCCCC(=O)OC(COC(=O)CCCCCCCCCCCCCCCCCCCCC)COP(=O)(O)OCC[N+](C)(C)C. The van der Waals surface area contributed by atoms with Crippen LogP contribution in [0.1, 0.15) is 348 Å². The lowest BCUT2D eigenvalue weighted by Gasteiger charge is -2.24. The first-order valence-electron chi connectivity index (χ1n) is 35.4. The standard InChI is InChI=1S/C72H136NO8P/c1-6-8-10-12-14-16-18-20-22-24-26-27-28-29-30-31-32-33-34-35-36-37-38-39-40-41-42-43-44-45-47-49-51-53-55-57-59-61-63-65-72(75)81-70(69-80-82(76,77)79-67-66-73(3,4)5)68-78-71(74)64-62-60-58-56-54-52-50-48-46-25-23-21-19-17-15-13-11-9-7-2/h8,10,14,16,20,22,26-27,70H,6-7,9,11-13,15,17-19,21,23-25,28-69H2,1-5H3/p+1/b10-8-,16-14-,22-20-,27-26-. The first-order valence-corrected chi connectivity index (χ1v) is 36.9. The smallest absolute Gasteiger partial charge is 0.462 e. The van der Waals surface area contributed by atoms with E-state index in [1.54, 1.807) is 0 Å². The number of quaternary nitrogens is 1. The molecule has 0 radical (unpaired) electrons. The van der Waals surface area contributed by atoms with E-state index < -0.39 is 26.5 Å². The summed E-state index contributed by atoms with van der Waals surface area (Å²) in [7, 11) is 1.50. The van der Waals surface area contributed by atoms with Crippen LogP contribution in [-0.2, 0) is 32.7 Å². The number of carbonyl (C=O) groups is 2. The summed E-state index contributed by atoms with van der Waals surface area (Å²) in [6.45, 7) is 4.39. The van der Waals surface area contributed by atoms with E-state index in [0.717, 1.165) is 57.8 Å². The van der Waals surface area contributed by atoms with Crippen molar-refractivity contribution in [2.75, 3.05) is 47.5 Å². The Kier molecular flexibility index (Phi) is 61.9. The molecule has 0 heterocycles. The number of unbranched alkanes of at least 4 members (excludes halogenated alkanes) is 44. The Morgan fingerprint density at radius 1 is 0.390 bits per heavy atom. The molecular weight excluding hydrogens is 1040 g/mol. The van der Waals surface area contributed by atoms with Crippen molar-refractivity contribution in [2.45, 2.75) is 354 Å². The average molecular weight is 1180 g/mol. The number of ether oxygens (including phenoxy) is 2. The van der Waals surface area contributed by atoms with E-state index in [-0.39, 0.29) is 25.6 Å². The van der Waals surface area contributed by atoms with Gasteiger partial charge in [0, 0.05) is 12.8 Å². The summed E-state index contributed by atoms with van der Waals surface area (Å²) in [4.78, 5) is 35.8. The number of carbonyl (C=O) groups excluding carboxylic acids is 2. The molecule has 0 amide bonds. The fraction of sp³-hybridized carbons (Fsp3) is 0.861. The summed E-state index contributed by atoms with van der Waals surface area (Å²) in [6.07, 6.45) is 82.3. The number of rotatable bonds is 66. The van der Waals surface area contributed by atoms with Crippen LogP contribution in [0.4, 0.5) is 0 Å². The van der Waals surface area contributed by atoms with Gasteiger partial charge in [0.25, 0.3) is 0 Å². The monoisotopic (exact) mass is 1180 g/mol. The largest absolute Gasteiger partial charge is 0.472 e. The topological polar surface area (TPSA) is 108 Å². The molecule has 9 nitrogen and oxygen atoms in total. The Balaban J connectivity index is 3.90. The molecule has 0 rings (SSSR count).